The molecule has 0 N–H and O–H groups in total. The smallest absolute Gasteiger partial charge is 0.254 e. The van der Waals surface area contributed by atoms with E-state index in [4.69, 9.17) is 0 Å². The zero-order valence-corrected chi connectivity index (χ0v) is 10.7. The standard InChI is InChI=1S/C16H16N2O/c19-16-15-4-2-1-3-14(15)8-12-18(16)11-7-13-5-9-17-10-6-13/h1-6,9-10H,7-8,11-12H2. The van der Waals surface area contributed by atoms with E-state index < -0.39 is 0 Å². The second-order valence-corrected chi connectivity index (χ2v) is 4.80. The van der Waals surface area contributed by atoms with Gasteiger partial charge in [-0.25, -0.2) is 0 Å². The number of amides is 1. The minimum atomic E-state index is 0.163. The second-order valence-electron chi connectivity index (χ2n) is 4.80. The van der Waals surface area contributed by atoms with Crippen molar-refractivity contribution >= 4 is 5.91 Å². The highest BCUT2D eigenvalue weighted by molar-refractivity contribution is 5.96. The molecule has 3 nitrogen and oxygen atoms in total. The Balaban J connectivity index is 1.69. The van der Waals surface area contributed by atoms with Gasteiger partial charge in [-0.15, -0.1) is 0 Å². The van der Waals surface area contributed by atoms with Crippen LogP contribution in [0.4, 0.5) is 0 Å². The molecular formula is C16H16N2O. The molecule has 0 saturated carbocycles. The summed E-state index contributed by atoms with van der Waals surface area (Å²) in [4.78, 5) is 18.3. The van der Waals surface area contributed by atoms with Gasteiger partial charge in [0.25, 0.3) is 5.91 Å². The minimum Gasteiger partial charge on any atom is -0.338 e. The van der Waals surface area contributed by atoms with Crippen molar-refractivity contribution < 1.29 is 4.79 Å². The second kappa shape index (κ2) is 5.22. The lowest BCUT2D eigenvalue weighted by Crippen LogP contribution is -2.38. The SMILES string of the molecule is O=C1c2ccccc2CCN1CCc1ccncc1. The zero-order chi connectivity index (χ0) is 13.1. The number of fused-ring (bicyclic) bond motifs is 1. The van der Waals surface area contributed by atoms with Crippen LogP contribution in [0, 0.1) is 0 Å². The predicted molar refractivity (Wildman–Crippen MR) is 74.0 cm³/mol. The van der Waals surface area contributed by atoms with Gasteiger partial charge in [0.15, 0.2) is 0 Å². The maximum Gasteiger partial charge on any atom is 0.254 e. The summed E-state index contributed by atoms with van der Waals surface area (Å²) in [6, 6.07) is 11.9. The van der Waals surface area contributed by atoms with Crippen molar-refractivity contribution in [2.24, 2.45) is 0 Å². The summed E-state index contributed by atoms with van der Waals surface area (Å²) < 4.78 is 0. The molecule has 0 fully saturated rings. The summed E-state index contributed by atoms with van der Waals surface area (Å²) in [7, 11) is 0. The Morgan fingerprint density at radius 3 is 2.74 bits per heavy atom. The van der Waals surface area contributed by atoms with E-state index in [1.165, 1.54) is 11.1 Å². The van der Waals surface area contributed by atoms with E-state index >= 15 is 0 Å². The minimum absolute atomic E-state index is 0.163. The number of rotatable bonds is 3. The molecule has 0 bridgehead atoms. The van der Waals surface area contributed by atoms with Crippen LogP contribution in [0.15, 0.2) is 48.8 Å². The Morgan fingerprint density at radius 2 is 1.89 bits per heavy atom. The molecule has 0 spiro atoms. The lowest BCUT2D eigenvalue weighted by molar-refractivity contribution is 0.0742. The molecule has 0 unspecified atom stereocenters. The van der Waals surface area contributed by atoms with Gasteiger partial charge in [-0.1, -0.05) is 18.2 Å². The van der Waals surface area contributed by atoms with Gasteiger partial charge in [0.1, 0.15) is 0 Å². The van der Waals surface area contributed by atoms with Crippen LogP contribution in [0.3, 0.4) is 0 Å². The molecule has 96 valence electrons. The Hall–Kier alpha value is -2.16. The fourth-order valence-electron chi connectivity index (χ4n) is 2.50. The van der Waals surface area contributed by atoms with Crippen LogP contribution in [-0.2, 0) is 12.8 Å². The maximum atomic E-state index is 12.4. The van der Waals surface area contributed by atoms with E-state index in [1.807, 2.05) is 41.3 Å². The topological polar surface area (TPSA) is 33.2 Å². The van der Waals surface area contributed by atoms with Crippen molar-refractivity contribution in [1.29, 1.82) is 0 Å². The zero-order valence-electron chi connectivity index (χ0n) is 10.7. The van der Waals surface area contributed by atoms with Gasteiger partial charge in [-0.05, 0) is 42.2 Å². The highest BCUT2D eigenvalue weighted by atomic mass is 16.2. The lowest BCUT2D eigenvalue weighted by atomic mass is 9.99. The highest BCUT2D eigenvalue weighted by Gasteiger charge is 2.23. The van der Waals surface area contributed by atoms with Gasteiger partial charge in [0.05, 0.1) is 0 Å². The largest absolute Gasteiger partial charge is 0.338 e. The number of aromatic nitrogens is 1. The lowest BCUT2D eigenvalue weighted by Gasteiger charge is -2.28. The first-order valence-corrected chi connectivity index (χ1v) is 6.61. The summed E-state index contributed by atoms with van der Waals surface area (Å²) in [5, 5.41) is 0. The maximum absolute atomic E-state index is 12.4. The van der Waals surface area contributed by atoms with Crippen LogP contribution in [-0.4, -0.2) is 28.9 Å². The van der Waals surface area contributed by atoms with Gasteiger partial charge in [-0.2, -0.15) is 0 Å². The van der Waals surface area contributed by atoms with Crippen molar-refractivity contribution in [1.82, 2.24) is 9.88 Å². The normalized spacial score (nSPS) is 14.3. The van der Waals surface area contributed by atoms with Crippen molar-refractivity contribution in [2.45, 2.75) is 12.8 Å². The molecule has 1 aromatic heterocycles. The molecule has 0 radical (unpaired) electrons. The Kier molecular flexibility index (Phi) is 3.27. The molecule has 0 saturated heterocycles. The fraction of sp³-hybridized carbons (Fsp3) is 0.250. The van der Waals surface area contributed by atoms with E-state index in [0.29, 0.717) is 0 Å². The third-order valence-corrected chi connectivity index (χ3v) is 3.61. The third kappa shape index (κ3) is 2.50. The quantitative estimate of drug-likeness (QED) is 0.840. The molecule has 0 aliphatic carbocycles. The molecule has 2 aromatic rings. The Labute approximate surface area is 112 Å². The molecule has 1 aromatic carbocycles. The van der Waals surface area contributed by atoms with Gasteiger partial charge in [-0.3, -0.25) is 9.78 Å². The van der Waals surface area contributed by atoms with E-state index in [0.717, 1.165) is 31.5 Å². The highest BCUT2D eigenvalue weighted by Crippen LogP contribution is 2.18. The third-order valence-electron chi connectivity index (χ3n) is 3.61. The monoisotopic (exact) mass is 252 g/mol. The summed E-state index contributed by atoms with van der Waals surface area (Å²) in [6.45, 7) is 1.60. The first kappa shape index (κ1) is 11.9. The van der Waals surface area contributed by atoms with Crippen molar-refractivity contribution in [2.75, 3.05) is 13.1 Å². The number of pyridine rings is 1. The van der Waals surface area contributed by atoms with Crippen molar-refractivity contribution in [3.63, 3.8) is 0 Å². The first-order chi connectivity index (χ1) is 9.34. The van der Waals surface area contributed by atoms with Crippen LogP contribution in [0.25, 0.3) is 0 Å². The molecule has 3 rings (SSSR count). The van der Waals surface area contributed by atoms with Gasteiger partial charge >= 0.3 is 0 Å². The summed E-state index contributed by atoms with van der Waals surface area (Å²) in [5.41, 5.74) is 3.26. The molecule has 3 heteroatoms. The van der Waals surface area contributed by atoms with Crippen molar-refractivity contribution in [3.05, 3.63) is 65.5 Å². The molecule has 2 heterocycles. The molecule has 1 amide bonds. The number of nitrogens with zero attached hydrogens (tertiary/aromatic N) is 2. The van der Waals surface area contributed by atoms with Gasteiger partial charge < -0.3 is 4.90 Å². The molecular weight excluding hydrogens is 236 g/mol. The van der Waals surface area contributed by atoms with Crippen LogP contribution >= 0.6 is 0 Å². The van der Waals surface area contributed by atoms with Crippen LogP contribution in [0.5, 0.6) is 0 Å². The Morgan fingerprint density at radius 1 is 1.11 bits per heavy atom. The van der Waals surface area contributed by atoms with E-state index in [9.17, 15) is 4.79 Å². The number of hydrogen-bond acceptors (Lipinski definition) is 2. The molecule has 0 atom stereocenters. The summed E-state index contributed by atoms with van der Waals surface area (Å²) in [6.07, 6.45) is 5.43. The van der Waals surface area contributed by atoms with E-state index in [-0.39, 0.29) is 5.91 Å². The summed E-state index contributed by atoms with van der Waals surface area (Å²) >= 11 is 0. The first-order valence-electron chi connectivity index (χ1n) is 6.61. The van der Waals surface area contributed by atoms with Gasteiger partial charge in [0.2, 0.25) is 0 Å². The van der Waals surface area contributed by atoms with Crippen LogP contribution < -0.4 is 0 Å². The molecule has 1 aliphatic rings. The number of carbonyl (C=O) groups is 1. The molecule has 1 aliphatic heterocycles. The molecule has 19 heavy (non-hydrogen) atoms. The fourth-order valence-corrected chi connectivity index (χ4v) is 2.50. The number of carbonyl (C=O) groups excluding carboxylic acids is 1. The van der Waals surface area contributed by atoms with E-state index in [2.05, 4.69) is 4.98 Å². The average molecular weight is 252 g/mol. The summed E-state index contributed by atoms with van der Waals surface area (Å²) in [5.74, 6) is 0.163. The Bertz CT molecular complexity index is 580. The van der Waals surface area contributed by atoms with Gasteiger partial charge in [0, 0.05) is 31.0 Å². The number of hydrogen-bond donors (Lipinski definition) is 0. The predicted octanol–water partition coefficient (Wildman–Crippen LogP) is 2.32. The van der Waals surface area contributed by atoms with Crippen LogP contribution in [0.2, 0.25) is 0 Å². The van der Waals surface area contributed by atoms with Crippen LogP contribution in [0.1, 0.15) is 21.5 Å². The average Bonchev–Trinajstić information content (AvgIpc) is 2.48. The van der Waals surface area contributed by atoms with Crippen molar-refractivity contribution in [3.8, 4) is 0 Å². The van der Waals surface area contributed by atoms with E-state index in [1.54, 1.807) is 12.4 Å². The number of benzene rings is 1.